The van der Waals surface area contributed by atoms with Crippen LogP contribution >= 0.6 is 13.3 Å². The third-order valence-electron chi connectivity index (χ3n) is 2.78. The molecular weight excluding hydrogens is 396 g/mol. The van der Waals surface area contributed by atoms with Crippen molar-refractivity contribution < 1.29 is 18.1 Å². The van der Waals surface area contributed by atoms with Crippen LogP contribution in [-0.4, -0.2) is 13.2 Å². The van der Waals surface area contributed by atoms with E-state index < -0.39 is 13.3 Å². The molecule has 0 spiro atoms. The van der Waals surface area contributed by atoms with Crippen LogP contribution in [-0.2, 0) is 32.7 Å². The number of nitrogens with one attached hydrogen (secondary N) is 1. The summed E-state index contributed by atoms with van der Waals surface area (Å²) in [4.78, 5) is 3.07. The molecule has 0 saturated heterocycles. The second-order valence-corrected chi connectivity index (χ2v) is 11.3. The summed E-state index contributed by atoms with van der Waals surface area (Å²) in [7, 11) is 0. The third kappa shape index (κ3) is 6.80. The van der Waals surface area contributed by atoms with Crippen molar-refractivity contribution >= 4 is 36.9 Å². The van der Waals surface area contributed by atoms with Gasteiger partial charge < -0.3 is 18.1 Å². The third-order valence-corrected chi connectivity index (χ3v) is 9.39. The van der Waals surface area contributed by atoms with E-state index in [1.165, 1.54) is 0 Å². The van der Waals surface area contributed by atoms with Crippen molar-refractivity contribution in [1.29, 1.82) is 0 Å². The highest BCUT2D eigenvalue weighted by Crippen LogP contribution is 2.57. The Bertz CT molecular complexity index is 691. The molecule has 0 fully saturated rings. The molecule has 0 aromatic heterocycles. The van der Waals surface area contributed by atoms with Gasteiger partial charge in [-0.2, -0.15) is 4.86 Å². The number of hydrogen-bond acceptors (Lipinski definition) is 6. The van der Waals surface area contributed by atoms with Crippen molar-refractivity contribution in [2.24, 2.45) is 0 Å². The van der Waals surface area contributed by atoms with Crippen molar-refractivity contribution in [1.82, 2.24) is 4.86 Å². The molecule has 5 nitrogen and oxygen atoms in total. The molecule has 0 bridgehead atoms. The lowest BCUT2D eigenvalue weighted by atomic mass is 10.3. The zero-order valence-corrected chi connectivity index (χ0v) is 17.5. The molecule has 0 aliphatic carbocycles. The summed E-state index contributed by atoms with van der Waals surface area (Å²) in [6, 6.07) is 18.5. The number of para-hydroxylation sites is 2. The van der Waals surface area contributed by atoms with Gasteiger partial charge in [-0.25, -0.2) is 0 Å². The molecule has 2 aromatic carbocycles. The maximum absolute atomic E-state index is 5.99. The minimum absolute atomic E-state index is 0.399. The topological polar surface area (TPSA) is 49.0 Å². The van der Waals surface area contributed by atoms with E-state index in [2.05, 4.69) is 4.86 Å². The van der Waals surface area contributed by atoms with Gasteiger partial charge in [-0.15, -0.1) is 0 Å². The zero-order valence-electron chi connectivity index (χ0n) is 14.0. The molecule has 0 heterocycles. The standard InChI is InChI=1S/C16H21NO4P2S2/c1-3-18-22(24,19-4-2)17-23(25,20-15-11-7-5-8-12-15)21-16-13-9-6-10-14-16/h5-14H,3-4H2,1-2H3,(H,17,24,25). The molecule has 2 rings (SSSR count). The first-order valence-electron chi connectivity index (χ1n) is 7.76. The Morgan fingerprint density at radius 3 is 1.48 bits per heavy atom. The monoisotopic (exact) mass is 417 g/mol. The minimum atomic E-state index is -3.07. The lowest BCUT2D eigenvalue weighted by molar-refractivity contribution is 0.262. The molecule has 25 heavy (non-hydrogen) atoms. The Balaban J connectivity index is 2.30. The van der Waals surface area contributed by atoms with Gasteiger partial charge in [-0.3, -0.25) is 0 Å². The second-order valence-electron chi connectivity index (χ2n) is 4.74. The van der Waals surface area contributed by atoms with Gasteiger partial charge in [0, 0.05) is 11.8 Å². The summed E-state index contributed by atoms with van der Waals surface area (Å²) in [5.74, 6) is 1.17. The number of rotatable bonds is 10. The maximum Gasteiger partial charge on any atom is 0.372 e. The van der Waals surface area contributed by atoms with Crippen LogP contribution in [0.1, 0.15) is 13.8 Å². The maximum atomic E-state index is 5.99. The summed E-state index contributed by atoms with van der Waals surface area (Å²) in [5, 5.41) is 0. The average molecular weight is 417 g/mol. The van der Waals surface area contributed by atoms with Crippen LogP contribution in [0.15, 0.2) is 60.7 Å². The SMILES string of the molecule is CCOP(=S)(NP(=S)(Oc1ccccc1)Oc1ccccc1)OCC. The van der Waals surface area contributed by atoms with E-state index in [9.17, 15) is 0 Å². The fraction of sp³-hybridized carbons (Fsp3) is 0.250. The molecular formula is C16H21NO4P2S2. The van der Waals surface area contributed by atoms with E-state index in [1.54, 1.807) is 0 Å². The van der Waals surface area contributed by atoms with Crippen molar-refractivity contribution in [3.8, 4) is 11.5 Å². The Morgan fingerprint density at radius 1 is 0.720 bits per heavy atom. The predicted octanol–water partition coefficient (Wildman–Crippen LogP) is 5.26. The van der Waals surface area contributed by atoms with Crippen molar-refractivity contribution in [3.05, 3.63) is 60.7 Å². The molecule has 0 aliphatic rings. The lowest BCUT2D eigenvalue weighted by Crippen LogP contribution is -2.19. The molecule has 0 radical (unpaired) electrons. The minimum Gasteiger partial charge on any atom is -0.424 e. The van der Waals surface area contributed by atoms with E-state index in [1.807, 2.05) is 74.5 Å². The van der Waals surface area contributed by atoms with Gasteiger partial charge >= 0.3 is 6.64 Å². The van der Waals surface area contributed by atoms with Gasteiger partial charge in [0.25, 0.3) is 6.64 Å². The Kier molecular flexibility index (Phi) is 8.04. The molecule has 0 aliphatic heterocycles. The van der Waals surface area contributed by atoms with Crippen LogP contribution in [0.3, 0.4) is 0 Å². The van der Waals surface area contributed by atoms with Gasteiger partial charge in [-0.1, -0.05) is 36.4 Å². The van der Waals surface area contributed by atoms with Crippen LogP contribution in [0.25, 0.3) is 0 Å². The fourth-order valence-electron chi connectivity index (χ4n) is 1.88. The normalized spacial score (nSPS) is 11.9. The first-order chi connectivity index (χ1) is 12.0. The van der Waals surface area contributed by atoms with Gasteiger partial charge in [-0.05, 0) is 49.9 Å². The fourth-order valence-corrected chi connectivity index (χ4v) is 9.01. The van der Waals surface area contributed by atoms with Gasteiger partial charge in [0.2, 0.25) is 0 Å². The average Bonchev–Trinajstić information content (AvgIpc) is 2.56. The molecule has 0 amide bonds. The van der Waals surface area contributed by atoms with Crippen LogP contribution in [0.4, 0.5) is 0 Å². The van der Waals surface area contributed by atoms with E-state index in [4.69, 9.17) is 41.7 Å². The molecule has 9 heteroatoms. The van der Waals surface area contributed by atoms with E-state index in [-0.39, 0.29) is 0 Å². The predicted molar refractivity (Wildman–Crippen MR) is 109 cm³/mol. The van der Waals surface area contributed by atoms with Crippen LogP contribution in [0.2, 0.25) is 0 Å². The number of hydrogen-bond donors (Lipinski definition) is 1. The summed E-state index contributed by atoms with van der Waals surface area (Å²) < 4.78 is 23.2. The second kappa shape index (κ2) is 9.79. The Labute approximate surface area is 159 Å². The summed E-state index contributed by atoms with van der Waals surface area (Å²) in [5.41, 5.74) is 0. The summed E-state index contributed by atoms with van der Waals surface area (Å²) in [6.45, 7) is -1.41. The van der Waals surface area contributed by atoms with Gasteiger partial charge in [0.05, 0.1) is 13.2 Å². The highest BCUT2D eigenvalue weighted by Gasteiger charge is 2.32. The summed E-state index contributed by atoms with van der Waals surface area (Å²) in [6.07, 6.45) is 0. The first kappa shape index (κ1) is 20.5. The van der Waals surface area contributed by atoms with Crippen molar-refractivity contribution in [2.75, 3.05) is 13.2 Å². The molecule has 0 unspecified atom stereocenters. The molecule has 2 aromatic rings. The largest absolute Gasteiger partial charge is 0.424 e. The molecule has 0 atom stereocenters. The lowest BCUT2D eigenvalue weighted by Gasteiger charge is -2.29. The van der Waals surface area contributed by atoms with Crippen molar-refractivity contribution in [2.45, 2.75) is 13.8 Å². The Hall–Kier alpha value is -0.780. The van der Waals surface area contributed by atoms with E-state index >= 15 is 0 Å². The highest BCUT2D eigenvalue weighted by molar-refractivity contribution is 8.17. The number of benzene rings is 2. The zero-order chi connectivity index (χ0) is 18.2. The molecule has 0 saturated carbocycles. The van der Waals surface area contributed by atoms with Crippen LogP contribution in [0, 0.1) is 0 Å². The van der Waals surface area contributed by atoms with Crippen LogP contribution in [0.5, 0.6) is 11.5 Å². The molecule has 1 N–H and O–H groups in total. The van der Waals surface area contributed by atoms with E-state index in [0.717, 1.165) is 0 Å². The van der Waals surface area contributed by atoms with Crippen molar-refractivity contribution in [3.63, 3.8) is 0 Å². The summed E-state index contributed by atoms with van der Waals surface area (Å²) >= 11 is 11.2. The quantitative estimate of drug-likeness (QED) is 0.530. The highest BCUT2D eigenvalue weighted by atomic mass is 32.5. The molecule has 136 valence electrons. The van der Waals surface area contributed by atoms with Gasteiger partial charge in [0.15, 0.2) is 0 Å². The van der Waals surface area contributed by atoms with Gasteiger partial charge in [0.1, 0.15) is 11.5 Å². The Morgan fingerprint density at radius 2 is 1.12 bits per heavy atom. The van der Waals surface area contributed by atoms with Crippen LogP contribution < -0.4 is 13.9 Å². The van der Waals surface area contributed by atoms with E-state index in [0.29, 0.717) is 24.7 Å². The smallest absolute Gasteiger partial charge is 0.372 e. The first-order valence-corrected chi connectivity index (χ1v) is 13.0.